The minimum atomic E-state index is -0.573. The Hall–Kier alpha value is -2.92. The van der Waals surface area contributed by atoms with E-state index in [0.29, 0.717) is 22.7 Å². The normalized spacial score (nSPS) is 11.1. The molecule has 0 unspecified atom stereocenters. The molecule has 0 aliphatic rings. The zero-order valence-electron chi connectivity index (χ0n) is 15.8. The third-order valence-corrected chi connectivity index (χ3v) is 5.13. The molecule has 2 aromatic rings. The zero-order chi connectivity index (χ0) is 20.0. The fraction of sp³-hybridized carbons (Fsp3) is 0.368. The first-order valence-corrected chi connectivity index (χ1v) is 9.43. The molecule has 0 bridgehead atoms. The SMILES string of the molecule is CCCc1cc(C(=O)OC)c(NC(=O)C(C#N)=Cc2cnn(CC)c2C)s1. The third kappa shape index (κ3) is 4.63. The van der Waals surface area contributed by atoms with Gasteiger partial charge in [0.1, 0.15) is 16.6 Å². The van der Waals surface area contributed by atoms with Crippen molar-refractivity contribution >= 4 is 34.3 Å². The minimum absolute atomic E-state index is 0.0602. The largest absolute Gasteiger partial charge is 0.465 e. The predicted octanol–water partition coefficient (Wildman–Crippen LogP) is 3.56. The molecule has 1 amide bonds. The summed E-state index contributed by atoms with van der Waals surface area (Å²) < 4.78 is 6.57. The first kappa shape index (κ1) is 20.4. The Morgan fingerprint density at radius 1 is 1.44 bits per heavy atom. The van der Waals surface area contributed by atoms with E-state index in [4.69, 9.17) is 4.74 Å². The second kappa shape index (κ2) is 9.14. The number of hydrogen-bond acceptors (Lipinski definition) is 6. The Balaban J connectivity index is 2.31. The molecule has 0 saturated carbocycles. The van der Waals surface area contributed by atoms with Crippen LogP contribution in [0.1, 0.15) is 46.8 Å². The van der Waals surface area contributed by atoms with E-state index < -0.39 is 11.9 Å². The van der Waals surface area contributed by atoms with Crippen molar-refractivity contribution < 1.29 is 14.3 Å². The van der Waals surface area contributed by atoms with Crippen molar-refractivity contribution in [3.8, 4) is 6.07 Å². The molecule has 27 heavy (non-hydrogen) atoms. The van der Waals surface area contributed by atoms with E-state index in [0.717, 1.165) is 23.4 Å². The number of nitriles is 1. The standard InChI is InChI=1S/C19H22N4O3S/c1-5-7-15-9-16(19(25)26-4)18(27-15)22-17(24)13(10-20)8-14-11-21-23(6-2)12(14)3/h8-9,11H,5-7H2,1-4H3,(H,22,24). The summed E-state index contributed by atoms with van der Waals surface area (Å²) in [4.78, 5) is 25.5. The van der Waals surface area contributed by atoms with E-state index in [1.165, 1.54) is 24.5 Å². The van der Waals surface area contributed by atoms with Crippen molar-refractivity contribution in [1.29, 1.82) is 5.26 Å². The molecule has 0 spiro atoms. The average molecular weight is 386 g/mol. The smallest absolute Gasteiger partial charge is 0.340 e. The Morgan fingerprint density at radius 2 is 2.19 bits per heavy atom. The van der Waals surface area contributed by atoms with Crippen LogP contribution in [-0.4, -0.2) is 28.8 Å². The highest BCUT2D eigenvalue weighted by molar-refractivity contribution is 7.16. The molecule has 1 N–H and O–H groups in total. The van der Waals surface area contributed by atoms with Gasteiger partial charge in [-0.2, -0.15) is 10.4 Å². The number of amides is 1. The molecule has 0 saturated heterocycles. The summed E-state index contributed by atoms with van der Waals surface area (Å²) in [5.74, 6) is -1.09. The van der Waals surface area contributed by atoms with Gasteiger partial charge in [0, 0.05) is 22.7 Å². The molecule has 2 rings (SSSR count). The number of thiophene rings is 1. The molecule has 0 fully saturated rings. The highest BCUT2D eigenvalue weighted by Gasteiger charge is 2.20. The van der Waals surface area contributed by atoms with Crippen LogP contribution in [0, 0.1) is 18.3 Å². The van der Waals surface area contributed by atoms with Crippen molar-refractivity contribution in [1.82, 2.24) is 9.78 Å². The molecule has 0 aliphatic carbocycles. The van der Waals surface area contributed by atoms with E-state index >= 15 is 0 Å². The Kier molecular flexibility index (Phi) is 6.91. The van der Waals surface area contributed by atoms with Crippen LogP contribution in [0.2, 0.25) is 0 Å². The highest BCUT2D eigenvalue weighted by atomic mass is 32.1. The number of anilines is 1. The molecule has 2 heterocycles. The number of aromatic nitrogens is 2. The second-order valence-corrected chi connectivity index (χ2v) is 6.96. The number of carbonyl (C=O) groups is 2. The van der Waals surface area contributed by atoms with E-state index in [2.05, 4.69) is 10.4 Å². The van der Waals surface area contributed by atoms with Crippen molar-refractivity contribution in [3.63, 3.8) is 0 Å². The van der Waals surface area contributed by atoms with Gasteiger partial charge in [-0.1, -0.05) is 13.3 Å². The van der Waals surface area contributed by atoms with Crippen molar-refractivity contribution in [3.05, 3.63) is 39.5 Å². The van der Waals surface area contributed by atoms with Gasteiger partial charge in [0.15, 0.2) is 0 Å². The Morgan fingerprint density at radius 3 is 2.74 bits per heavy atom. The van der Waals surface area contributed by atoms with Gasteiger partial charge in [-0.25, -0.2) is 4.79 Å². The fourth-order valence-corrected chi connectivity index (χ4v) is 3.70. The van der Waals surface area contributed by atoms with Crippen LogP contribution in [0.4, 0.5) is 5.00 Å². The number of carbonyl (C=O) groups excluding carboxylic acids is 2. The number of aryl methyl sites for hydroxylation is 2. The van der Waals surface area contributed by atoms with Crippen LogP contribution >= 0.6 is 11.3 Å². The van der Waals surface area contributed by atoms with Gasteiger partial charge in [0.2, 0.25) is 0 Å². The number of rotatable bonds is 7. The van der Waals surface area contributed by atoms with Gasteiger partial charge in [-0.3, -0.25) is 9.48 Å². The van der Waals surface area contributed by atoms with Gasteiger partial charge in [0.05, 0.1) is 18.9 Å². The number of methoxy groups -OCH3 is 1. The molecular formula is C19H22N4O3S. The summed E-state index contributed by atoms with van der Waals surface area (Å²) in [7, 11) is 1.29. The summed E-state index contributed by atoms with van der Waals surface area (Å²) in [6.45, 7) is 6.57. The van der Waals surface area contributed by atoms with Crippen LogP contribution in [0.15, 0.2) is 17.8 Å². The number of nitrogens with zero attached hydrogens (tertiary/aromatic N) is 3. The number of ether oxygens (including phenoxy) is 1. The zero-order valence-corrected chi connectivity index (χ0v) is 16.6. The van der Waals surface area contributed by atoms with Crippen molar-refractivity contribution in [2.75, 3.05) is 12.4 Å². The van der Waals surface area contributed by atoms with Crippen molar-refractivity contribution in [2.45, 2.75) is 40.2 Å². The molecular weight excluding hydrogens is 364 g/mol. The van der Waals surface area contributed by atoms with Crippen LogP contribution in [0.25, 0.3) is 6.08 Å². The number of hydrogen-bond donors (Lipinski definition) is 1. The first-order chi connectivity index (χ1) is 12.9. The highest BCUT2D eigenvalue weighted by Crippen LogP contribution is 2.30. The predicted molar refractivity (Wildman–Crippen MR) is 105 cm³/mol. The van der Waals surface area contributed by atoms with Crippen LogP contribution in [0.3, 0.4) is 0 Å². The molecule has 7 nitrogen and oxygen atoms in total. The molecule has 0 aliphatic heterocycles. The molecule has 0 aromatic carbocycles. The van der Waals surface area contributed by atoms with Crippen LogP contribution in [0.5, 0.6) is 0 Å². The molecule has 0 atom stereocenters. The summed E-state index contributed by atoms with van der Waals surface area (Å²) in [6, 6.07) is 3.64. The monoisotopic (exact) mass is 386 g/mol. The summed E-state index contributed by atoms with van der Waals surface area (Å²) >= 11 is 1.32. The maximum Gasteiger partial charge on any atom is 0.340 e. The molecule has 2 aromatic heterocycles. The first-order valence-electron chi connectivity index (χ1n) is 8.61. The second-order valence-electron chi connectivity index (χ2n) is 5.82. The van der Waals surface area contributed by atoms with Gasteiger partial charge >= 0.3 is 5.97 Å². The van der Waals surface area contributed by atoms with E-state index in [1.54, 1.807) is 16.9 Å². The van der Waals surface area contributed by atoms with Gasteiger partial charge in [-0.05, 0) is 32.4 Å². The lowest BCUT2D eigenvalue weighted by Crippen LogP contribution is -2.15. The van der Waals surface area contributed by atoms with Crippen molar-refractivity contribution in [2.24, 2.45) is 0 Å². The van der Waals surface area contributed by atoms with E-state index in [-0.39, 0.29) is 5.57 Å². The summed E-state index contributed by atoms with van der Waals surface area (Å²) in [5, 5.41) is 16.7. The number of nitrogens with one attached hydrogen (secondary N) is 1. The van der Waals surface area contributed by atoms with E-state index in [9.17, 15) is 14.9 Å². The lowest BCUT2D eigenvalue weighted by molar-refractivity contribution is -0.112. The minimum Gasteiger partial charge on any atom is -0.465 e. The fourth-order valence-electron chi connectivity index (χ4n) is 2.56. The maximum atomic E-state index is 12.6. The molecule has 142 valence electrons. The molecule has 0 radical (unpaired) electrons. The van der Waals surface area contributed by atoms with Gasteiger partial charge < -0.3 is 10.1 Å². The number of esters is 1. The molecule has 8 heteroatoms. The van der Waals surface area contributed by atoms with Crippen LogP contribution in [-0.2, 0) is 22.5 Å². The van der Waals surface area contributed by atoms with Gasteiger partial charge in [0.25, 0.3) is 5.91 Å². The maximum absolute atomic E-state index is 12.6. The average Bonchev–Trinajstić information content (AvgIpc) is 3.22. The Bertz CT molecular complexity index is 918. The quantitative estimate of drug-likeness (QED) is 0.446. The lowest BCUT2D eigenvalue weighted by Gasteiger charge is -2.04. The van der Waals surface area contributed by atoms with Gasteiger partial charge in [-0.15, -0.1) is 11.3 Å². The lowest BCUT2D eigenvalue weighted by atomic mass is 10.1. The summed E-state index contributed by atoms with van der Waals surface area (Å²) in [5.41, 5.74) is 1.81. The third-order valence-electron chi connectivity index (χ3n) is 4.02. The topological polar surface area (TPSA) is 97.0 Å². The summed E-state index contributed by atoms with van der Waals surface area (Å²) in [6.07, 6.45) is 4.83. The van der Waals surface area contributed by atoms with Crippen LogP contribution < -0.4 is 5.32 Å². The Labute approximate surface area is 162 Å². The van der Waals surface area contributed by atoms with E-state index in [1.807, 2.05) is 26.8 Å².